The Bertz CT molecular complexity index is 398. The number of aliphatic hydroxyl groups is 1. The van der Waals surface area contributed by atoms with E-state index in [1.807, 2.05) is 0 Å². The lowest BCUT2D eigenvalue weighted by Crippen LogP contribution is -2.50. The zero-order chi connectivity index (χ0) is 12.4. The first kappa shape index (κ1) is 12.2. The molecule has 2 nitrogen and oxygen atoms in total. The lowest BCUT2D eigenvalue weighted by molar-refractivity contribution is 0.109. The Kier molecular flexibility index (Phi) is 3.67. The number of fused-ring (bicyclic) bond motifs is 1. The molecule has 2 aliphatic carbocycles. The van der Waals surface area contributed by atoms with E-state index < -0.39 is 0 Å². The molecule has 0 aliphatic heterocycles. The Morgan fingerprint density at radius 2 is 1.61 bits per heavy atom. The molecule has 98 valence electrons. The van der Waals surface area contributed by atoms with Gasteiger partial charge in [-0.05, 0) is 30.4 Å². The lowest BCUT2D eigenvalue weighted by atomic mass is 9.85. The van der Waals surface area contributed by atoms with Crippen LogP contribution in [0, 0.1) is 0 Å². The quantitative estimate of drug-likeness (QED) is 0.839. The predicted octanol–water partition coefficient (Wildman–Crippen LogP) is 2.44. The van der Waals surface area contributed by atoms with Gasteiger partial charge in [-0.15, -0.1) is 0 Å². The molecule has 2 aliphatic rings. The molecule has 2 heteroatoms. The van der Waals surface area contributed by atoms with E-state index in [4.69, 9.17) is 0 Å². The Morgan fingerprint density at radius 1 is 0.944 bits per heavy atom. The molecule has 0 heterocycles. The van der Waals surface area contributed by atoms with Gasteiger partial charge in [0.05, 0.1) is 6.10 Å². The van der Waals surface area contributed by atoms with Crippen LogP contribution < -0.4 is 5.32 Å². The minimum atomic E-state index is -0.221. The normalized spacial score (nSPS) is 28.9. The summed E-state index contributed by atoms with van der Waals surface area (Å²) in [5.74, 6) is 0. The molecule has 18 heavy (non-hydrogen) atoms. The van der Waals surface area contributed by atoms with Gasteiger partial charge in [0.1, 0.15) is 0 Å². The van der Waals surface area contributed by atoms with E-state index in [2.05, 4.69) is 29.6 Å². The predicted molar refractivity (Wildman–Crippen MR) is 73.7 cm³/mol. The number of benzene rings is 1. The Morgan fingerprint density at radius 3 is 2.33 bits per heavy atom. The van der Waals surface area contributed by atoms with E-state index in [0.717, 1.165) is 12.8 Å². The van der Waals surface area contributed by atoms with Crippen LogP contribution in [0.5, 0.6) is 0 Å². The molecule has 0 amide bonds. The highest BCUT2D eigenvalue weighted by atomic mass is 16.3. The molecule has 3 rings (SSSR count). The number of aliphatic hydroxyl groups excluding tert-OH is 1. The van der Waals surface area contributed by atoms with Crippen molar-refractivity contribution in [1.29, 1.82) is 0 Å². The third-order valence-electron chi connectivity index (χ3n) is 4.51. The van der Waals surface area contributed by atoms with Crippen molar-refractivity contribution in [3.8, 4) is 0 Å². The fourth-order valence-electron chi connectivity index (χ4n) is 3.44. The Hall–Kier alpha value is -0.860. The summed E-state index contributed by atoms with van der Waals surface area (Å²) in [5, 5.41) is 14.0. The van der Waals surface area contributed by atoms with E-state index in [0.29, 0.717) is 6.04 Å². The lowest BCUT2D eigenvalue weighted by Gasteiger charge is -2.35. The van der Waals surface area contributed by atoms with Gasteiger partial charge in [-0.1, -0.05) is 43.5 Å². The van der Waals surface area contributed by atoms with Crippen LogP contribution in [0.3, 0.4) is 0 Å². The van der Waals surface area contributed by atoms with Crippen molar-refractivity contribution < 1.29 is 5.11 Å². The van der Waals surface area contributed by atoms with Crippen molar-refractivity contribution in [3.63, 3.8) is 0 Å². The van der Waals surface area contributed by atoms with Gasteiger partial charge in [-0.3, -0.25) is 0 Å². The van der Waals surface area contributed by atoms with Gasteiger partial charge in [0.2, 0.25) is 0 Å². The summed E-state index contributed by atoms with van der Waals surface area (Å²) in [7, 11) is 0. The monoisotopic (exact) mass is 245 g/mol. The van der Waals surface area contributed by atoms with Gasteiger partial charge in [0.25, 0.3) is 0 Å². The molecule has 1 fully saturated rings. The molecular formula is C16H23NO. The van der Waals surface area contributed by atoms with Crippen LogP contribution in [0.2, 0.25) is 0 Å². The van der Waals surface area contributed by atoms with Crippen LogP contribution in [0.4, 0.5) is 0 Å². The number of hydrogen-bond acceptors (Lipinski definition) is 2. The molecule has 0 bridgehead atoms. The molecule has 1 aromatic rings. The SMILES string of the molecule is OC1Cc2ccccc2CC1NC1CCCCC1. The molecule has 2 N–H and O–H groups in total. The first-order chi connectivity index (χ1) is 8.83. The standard InChI is InChI=1S/C16H23NO/c18-16-11-13-7-5-4-6-12(13)10-15(16)17-14-8-2-1-3-9-14/h4-7,14-18H,1-3,8-11H2. The Balaban J connectivity index is 1.66. The van der Waals surface area contributed by atoms with Crippen LogP contribution >= 0.6 is 0 Å². The summed E-state index contributed by atoms with van der Waals surface area (Å²) in [6.07, 6.45) is 8.20. The first-order valence-electron chi connectivity index (χ1n) is 7.34. The molecule has 0 radical (unpaired) electrons. The molecule has 1 saturated carbocycles. The van der Waals surface area contributed by atoms with Crippen molar-refractivity contribution in [1.82, 2.24) is 5.32 Å². The van der Waals surface area contributed by atoms with Gasteiger partial charge in [-0.2, -0.15) is 0 Å². The van der Waals surface area contributed by atoms with Gasteiger partial charge < -0.3 is 10.4 Å². The molecule has 0 aromatic heterocycles. The molecular weight excluding hydrogens is 222 g/mol. The highest BCUT2D eigenvalue weighted by Gasteiger charge is 2.28. The molecule has 0 saturated heterocycles. The zero-order valence-corrected chi connectivity index (χ0v) is 10.9. The summed E-state index contributed by atoms with van der Waals surface area (Å²) in [4.78, 5) is 0. The van der Waals surface area contributed by atoms with Gasteiger partial charge in [0, 0.05) is 18.5 Å². The van der Waals surface area contributed by atoms with Crippen molar-refractivity contribution in [2.24, 2.45) is 0 Å². The second kappa shape index (κ2) is 5.41. The van der Waals surface area contributed by atoms with Gasteiger partial charge >= 0.3 is 0 Å². The summed E-state index contributed by atoms with van der Waals surface area (Å²) >= 11 is 0. The highest BCUT2D eigenvalue weighted by molar-refractivity contribution is 5.31. The fraction of sp³-hybridized carbons (Fsp3) is 0.625. The minimum Gasteiger partial charge on any atom is -0.391 e. The van der Waals surface area contributed by atoms with E-state index in [9.17, 15) is 5.11 Å². The van der Waals surface area contributed by atoms with Gasteiger partial charge in [0.15, 0.2) is 0 Å². The second-order valence-electron chi connectivity index (χ2n) is 5.85. The number of rotatable bonds is 2. The second-order valence-corrected chi connectivity index (χ2v) is 5.85. The third-order valence-corrected chi connectivity index (χ3v) is 4.51. The van der Waals surface area contributed by atoms with Crippen LogP contribution in [0.15, 0.2) is 24.3 Å². The number of nitrogens with one attached hydrogen (secondary N) is 1. The van der Waals surface area contributed by atoms with E-state index in [1.165, 1.54) is 43.2 Å². The van der Waals surface area contributed by atoms with E-state index in [1.54, 1.807) is 0 Å². The van der Waals surface area contributed by atoms with Gasteiger partial charge in [-0.25, -0.2) is 0 Å². The van der Waals surface area contributed by atoms with Crippen LogP contribution in [-0.4, -0.2) is 23.3 Å². The summed E-state index contributed by atoms with van der Waals surface area (Å²) < 4.78 is 0. The van der Waals surface area contributed by atoms with Crippen molar-refractivity contribution in [2.45, 2.75) is 63.1 Å². The van der Waals surface area contributed by atoms with Crippen LogP contribution in [0.1, 0.15) is 43.2 Å². The maximum absolute atomic E-state index is 10.3. The maximum Gasteiger partial charge on any atom is 0.0736 e. The molecule has 2 unspecified atom stereocenters. The van der Waals surface area contributed by atoms with E-state index in [-0.39, 0.29) is 12.1 Å². The van der Waals surface area contributed by atoms with Crippen LogP contribution in [-0.2, 0) is 12.8 Å². The number of hydrogen-bond donors (Lipinski definition) is 2. The molecule has 1 aromatic carbocycles. The maximum atomic E-state index is 10.3. The zero-order valence-electron chi connectivity index (χ0n) is 10.9. The topological polar surface area (TPSA) is 32.3 Å². The summed E-state index contributed by atoms with van der Waals surface area (Å²) in [5.41, 5.74) is 2.74. The van der Waals surface area contributed by atoms with Crippen molar-refractivity contribution in [2.75, 3.05) is 0 Å². The van der Waals surface area contributed by atoms with Crippen molar-refractivity contribution in [3.05, 3.63) is 35.4 Å². The first-order valence-corrected chi connectivity index (χ1v) is 7.34. The summed E-state index contributed by atoms with van der Waals surface area (Å²) in [6, 6.07) is 9.41. The average Bonchev–Trinajstić information content (AvgIpc) is 2.41. The van der Waals surface area contributed by atoms with E-state index >= 15 is 0 Å². The minimum absolute atomic E-state index is 0.221. The summed E-state index contributed by atoms with van der Waals surface area (Å²) in [6.45, 7) is 0. The smallest absolute Gasteiger partial charge is 0.0736 e. The molecule has 2 atom stereocenters. The fourth-order valence-corrected chi connectivity index (χ4v) is 3.44. The largest absolute Gasteiger partial charge is 0.391 e. The highest BCUT2D eigenvalue weighted by Crippen LogP contribution is 2.24. The molecule has 0 spiro atoms. The van der Waals surface area contributed by atoms with Crippen LogP contribution in [0.25, 0.3) is 0 Å². The van der Waals surface area contributed by atoms with Crippen molar-refractivity contribution >= 4 is 0 Å². The average molecular weight is 245 g/mol. The third kappa shape index (κ3) is 2.60. The Labute approximate surface area is 109 Å².